The standard InChI is InChI=1S/C20H24N6O7/c1-5-6-22-18-15-19(25-14(7-21)24-18)26(9-23-15)20-17(32-12(4)29)16(31-11(3)28)13(33-20)8-30-10(2)27/h9,13,16-17,20H,5-6,8H2,1-4H3,(H,22,24,25)/t13-,16+,17+,20+/m0/s1. The lowest BCUT2D eigenvalue weighted by Crippen LogP contribution is -2.40. The summed E-state index contributed by atoms with van der Waals surface area (Å²) in [6, 6.07) is 1.91. The molecule has 176 valence electrons. The number of nitrogens with one attached hydrogen (secondary N) is 1. The van der Waals surface area contributed by atoms with Gasteiger partial charge in [-0.2, -0.15) is 15.2 Å². The summed E-state index contributed by atoms with van der Waals surface area (Å²) in [4.78, 5) is 47.7. The van der Waals surface area contributed by atoms with E-state index in [4.69, 9.17) is 18.9 Å². The number of ether oxygens (including phenoxy) is 4. The maximum absolute atomic E-state index is 11.8. The molecule has 1 N–H and O–H groups in total. The van der Waals surface area contributed by atoms with E-state index in [1.165, 1.54) is 31.7 Å². The Bertz CT molecular complexity index is 1090. The topological polar surface area (TPSA) is 168 Å². The SMILES string of the molecule is CCCNc1nc(C#N)nc2c1ncn2[C@@H]1O[C@@H](COC(C)=O)[C@@H](OC(C)=O)[C@H]1OC(C)=O. The summed E-state index contributed by atoms with van der Waals surface area (Å²) in [6.45, 7) is 5.96. The molecule has 1 aliphatic rings. The van der Waals surface area contributed by atoms with Crippen molar-refractivity contribution in [2.24, 2.45) is 0 Å². The van der Waals surface area contributed by atoms with Crippen LogP contribution in [0.4, 0.5) is 5.82 Å². The van der Waals surface area contributed by atoms with E-state index < -0.39 is 42.4 Å². The first-order chi connectivity index (χ1) is 15.7. The Morgan fingerprint density at radius 3 is 2.45 bits per heavy atom. The zero-order valence-corrected chi connectivity index (χ0v) is 18.6. The second kappa shape index (κ2) is 10.2. The van der Waals surface area contributed by atoms with Crippen LogP contribution < -0.4 is 5.32 Å². The first kappa shape index (κ1) is 23.9. The summed E-state index contributed by atoms with van der Waals surface area (Å²) in [5, 5.41) is 12.5. The van der Waals surface area contributed by atoms with Gasteiger partial charge < -0.3 is 24.3 Å². The van der Waals surface area contributed by atoms with Crippen molar-refractivity contribution in [2.75, 3.05) is 18.5 Å². The van der Waals surface area contributed by atoms with Crippen molar-refractivity contribution in [3.8, 4) is 6.07 Å². The third-order valence-corrected chi connectivity index (χ3v) is 4.68. The minimum atomic E-state index is -1.10. The maximum atomic E-state index is 11.8. The van der Waals surface area contributed by atoms with Gasteiger partial charge in [-0.05, 0) is 6.42 Å². The average Bonchev–Trinajstić information content (AvgIpc) is 3.31. The second-order valence-electron chi connectivity index (χ2n) is 7.27. The summed E-state index contributed by atoms with van der Waals surface area (Å²) in [5.41, 5.74) is 0.622. The van der Waals surface area contributed by atoms with E-state index in [9.17, 15) is 19.6 Å². The molecule has 3 rings (SSSR count). The number of rotatable bonds is 8. The van der Waals surface area contributed by atoms with Crippen LogP contribution in [0.3, 0.4) is 0 Å². The zero-order chi connectivity index (χ0) is 24.1. The summed E-state index contributed by atoms with van der Waals surface area (Å²) in [7, 11) is 0. The molecule has 2 aromatic rings. The van der Waals surface area contributed by atoms with Gasteiger partial charge in [-0.25, -0.2) is 4.98 Å². The van der Waals surface area contributed by atoms with Crippen molar-refractivity contribution < 1.29 is 33.3 Å². The molecule has 1 aliphatic heterocycles. The molecule has 0 spiro atoms. The lowest BCUT2D eigenvalue weighted by atomic mass is 10.1. The highest BCUT2D eigenvalue weighted by molar-refractivity contribution is 5.83. The number of nitriles is 1. The Balaban J connectivity index is 2.07. The van der Waals surface area contributed by atoms with Crippen LogP contribution in [0.5, 0.6) is 0 Å². The molecule has 3 heterocycles. The molecule has 0 saturated carbocycles. The molecule has 33 heavy (non-hydrogen) atoms. The van der Waals surface area contributed by atoms with Crippen molar-refractivity contribution in [3.63, 3.8) is 0 Å². The van der Waals surface area contributed by atoms with E-state index in [0.29, 0.717) is 17.9 Å². The Kier molecular flexibility index (Phi) is 7.39. The Hall–Kier alpha value is -3.79. The zero-order valence-electron chi connectivity index (χ0n) is 18.6. The van der Waals surface area contributed by atoms with E-state index in [0.717, 1.165) is 6.42 Å². The van der Waals surface area contributed by atoms with Gasteiger partial charge in [0.15, 0.2) is 35.4 Å². The van der Waals surface area contributed by atoms with Crippen molar-refractivity contribution in [1.82, 2.24) is 19.5 Å². The van der Waals surface area contributed by atoms with E-state index in [-0.39, 0.29) is 18.1 Å². The predicted octanol–water partition coefficient (Wildman–Crippen LogP) is 0.844. The van der Waals surface area contributed by atoms with E-state index >= 15 is 0 Å². The third-order valence-electron chi connectivity index (χ3n) is 4.68. The third kappa shape index (κ3) is 5.35. The summed E-state index contributed by atoms with van der Waals surface area (Å²) < 4.78 is 23.3. The number of imidazole rings is 1. The largest absolute Gasteiger partial charge is 0.463 e. The second-order valence-corrected chi connectivity index (χ2v) is 7.27. The highest BCUT2D eigenvalue weighted by Crippen LogP contribution is 2.36. The molecule has 0 amide bonds. The van der Waals surface area contributed by atoms with Crippen LogP contribution in [0.15, 0.2) is 6.33 Å². The van der Waals surface area contributed by atoms with Gasteiger partial charge in [-0.3, -0.25) is 19.0 Å². The van der Waals surface area contributed by atoms with Crippen molar-refractivity contribution in [2.45, 2.75) is 58.7 Å². The van der Waals surface area contributed by atoms with Gasteiger partial charge in [0, 0.05) is 27.3 Å². The lowest BCUT2D eigenvalue weighted by molar-refractivity contribution is -0.166. The number of anilines is 1. The molecule has 13 nitrogen and oxygen atoms in total. The van der Waals surface area contributed by atoms with Crippen LogP contribution in [-0.2, 0) is 33.3 Å². The molecular formula is C20H24N6O7. The lowest BCUT2D eigenvalue weighted by Gasteiger charge is -2.23. The maximum Gasteiger partial charge on any atom is 0.303 e. The van der Waals surface area contributed by atoms with Gasteiger partial charge in [-0.1, -0.05) is 6.92 Å². The molecule has 0 bridgehead atoms. The molecule has 0 radical (unpaired) electrons. The Morgan fingerprint density at radius 1 is 1.15 bits per heavy atom. The molecule has 1 saturated heterocycles. The number of nitrogens with zero attached hydrogens (tertiary/aromatic N) is 5. The molecule has 2 aromatic heterocycles. The summed E-state index contributed by atoms with van der Waals surface area (Å²) in [6.07, 6.45) is -1.92. The van der Waals surface area contributed by atoms with Gasteiger partial charge in [0.1, 0.15) is 18.8 Å². The molecular weight excluding hydrogens is 436 g/mol. The van der Waals surface area contributed by atoms with Crippen LogP contribution >= 0.6 is 0 Å². The molecule has 0 unspecified atom stereocenters. The first-order valence-electron chi connectivity index (χ1n) is 10.3. The van der Waals surface area contributed by atoms with Gasteiger partial charge in [0.2, 0.25) is 5.82 Å². The van der Waals surface area contributed by atoms with Crippen molar-refractivity contribution >= 4 is 34.9 Å². The van der Waals surface area contributed by atoms with Crippen LogP contribution in [0, 0.1) is 11.3 Å². The fourth-order valence-electron chi connectivity index (χ4n) is 3.44. The van der Waals surface area contributed by atoms with Gasteiger partial charge in [0.05, 0.1) is 6.33 Å². The predicted molar refractivity (Wildman–Crippen MR) is 110 cm³/mol. The van der Waals surface area contributed by atoms with Crippen LogP contribution in [-0.4, -0.2) is 68.9 Å². The minimum Gasteiger partial charge on any atom is -0.463 e. The fraction of sp³-hybridized carbons (Fsp3) is 0.550. The van der Waals surface area contributed by atoms with E-state index in [2.05, 4.69) is 20.3 Å². The van der Waals surface area contributed by atoms with Gasteiger partial charge in [0.25, 0.3) is 0 Å². The normalized spacial score (nSPS) is 21.9. The number of carbonyl (C=O) groups excluding carboxylic acids is 3. The summed E-state index contributed by atoms with van der Waals surface area (Å²) >= 11 is 0. The smallest absolute Gasteiger partial charge is 0.303 e. The summed E-state index contributed by atoms with van der Waals surface area (Å²) in [5.74, 6) is -1.56. The number of hydrogen-bond donors (Lipinski definition) is 1. The highest BCUT2D eigenvalue weighted by Gasteiger charge is 2.51. The number of carbonyl (C=O) groups is 3. The van der Waals surface area contributed by atoms with Crippen molar-refractivity contribution in [1.29, 1.82) is 5.26 Å². The molecule has 4 atom stereocenters. The van der Waals surface area contributed by atoms with Crippen LogP contribution in [0.25, 0.3) is 11.2 Å². The average molecular weight is 460 g/mol. The monoisotopic (exact) mass is 460 g/mol. The van der Waals surface area contributed by atoms with Gasteiger partial charge in [-0.15, -0.1) is 0 Å². The Morgan fingerprint density at radius 2 is 1.85 bits per heavy atom. The highest BCUT2D eigenvalue weighted by atomic mass is 16.7. The molecule has 0 aliphatic carbocycles. The Labute approximate surface area is 189 Å². The first-order valence-corrected chi connectivity index (χ1v) is 10.3. The number of fused-ring (bicyclic) bond motifs is 1. The van der Waals surface area contributed by atoms with Crippen molar-refractivity contribution in [3.05, 3.63) is 12.2 Å². The van der Waals surface area contributed by atoms with E-state index in [1.807, 2.05) is 13.0 Å². The molecule has 0 aromatic carbocycles. The minimum absolute atomic E-state index is 0.0992. The van der Waals surface area contributed by atoms with E-state index in [1.54, 1.807) is 0 Å². The van der Waals surface area contributed by atoms with Gasteiger partial charge >= 0.3 is 17.9 Å². The number of esters is 3. The fourth-order valence-corrected chi connectivity index (χ4v) is 3.44. The number of aromatic nitrogens is 4. The number of hydrogen-bond acceptors (Lipinski definition) is 12. The van der Waals surface area contributed by atoms with Crippen LogP contribution in [0.1, 0.15) is 46.2 Å². The molecule has 13 heteroatoms. The molecule has 1 fully saturated rings. The van der Waals surface area contributed by atoms with Crippen LogP contribution in [0.2, 0.25) is 0 Å². The quantitative estimate of drug-likeness (QED) is 0.436.